The zero-order valence-electron chi connectivity index (χ0n) is 10.4. The fourth-order valence-corrected chi connectivity index (χ4v) is 1.53. The Hall–Kier alpha value is -2.97. The van der Waals surface area contributed by atoms with E-state index < -0.39 is 16.5 Å². The van der Waals surface area contributed by atoms with Gasteiger partial charge < -0.3 is 14.9 Å². The minimum absolute atomic E-state index is 0.0630. The zero-order chi connectivity index (χ0) is 14.7. The minimum Gasteiger partial charge on any atom is -0.508 e. The Morgan fingerprint density at radius 2 is 2.30 bits per heavy atom. The predicted octanol–water partition coefficient (Wildman–Crippen LogP) is 0.922. The molecule has 0 unspecified atom stereocenters. The van der Waals surface area contributed by atoms with Gasteiger partial charge in [-0.15, -0.1) is 0 Å². The normalized spacial score (nSPS) is 10.2. The number of nitrogens with zero attached hydrogens (tertiary/aromatic N) is 3. The summed E-state index contributed by atoms with van der Waals surface area (Å²) in [5.74, 6) is -0.367. The Morgan fingerprint density at radius 3 is 2.90 bits per heavy atom. The molecule has 0 aliphatic carbocycles. The summed E-state index contributed by atoms with van der Waals surface area (Å²) >= 11 is 0. The van der Waals surface area contributed by atoms with Crippen LogP contribution in [0.2, 0.25) is 0 Å². The summed E-state index contributed by atoms with van der Waals surface area (Å²) in [6, 6.07) is 3.21. The molecule has 1 heterocycles. The second-order valence-electron chi connectivity index (χ2n) is 3.88. The molecule has 1 aromatic carbocycles. The number of phenols is 1. The van der Waals surface area contributed by atoms with E-state index in [1.165, 1.54) is 0 Å². The maximum Gasteiger partial charge on any atom is 0.282 e. The number of hydrogen-bond donors (Lipinski definition) is 2. The lowest BCUT2D eigenvalue weighted by molar-refractivity contribution is -0.385. The number of nitrogens with one attached hydrogen (secondary N) is 1. The molecule has 0 atom stereocenters. The van der Waals surface area contributed by atoms with Crippen LogP contribution < -0.4 is 5.32 Å². The molecule has 0 saturated carbocycles. The summed E-state index contributed by atoms with van der Waals surface area (Å²) in [6.45, 7) is 1.56. The van der Waals surface area contributed by atoms with Crippen LogP contribution in [0.15, 0.2) is 22.7 Å². The summed E-state index contributed by atoms with van der Waals surface area (Å²) in [4.78, 5) is 25.9. The second kappa shape index (κ2) is 5.34. The third kappa shape index (κ3) is 2.88. The van der Waals surface area contributed by atoms with Gasteiger partial charge in [-0.25, -0.2) is 0 Å². The van der Waals surface area contributed by atoms with Gasteiger partial charge in [0.1, 0.15) is 11.3 Å². The number of nitro groups is 1. The van der Waals surface area contributed by atoms with E-state index >= 15 is 0 Å². The van der Waals surface area contributed by atoms with E-state index in [1.807, 2.05) is 0 Å². The van der Waals surface area contributed by atoms with Crippen molar-refractivity contribution >= 4 is 11.6 Å². The number of carbonyl (C=O) groups is 1. The molecule has 1 amide bonds. The van der Waals surface area contributed by atoms with Crippen LogP contribution in [0.4, 0.5) is 5.69 Å². The molecule has 0 bridgehead atoms. The van der Waals surface area contributed by atoms with Crippen LogP contribution in [-0.4, -0.2) is 26.1 Å². The van der Waals surface area contributed by atoms with Gasteiger partial charge in [0.15, 0.2) is 5.82 Å². The zero-order valence-corrected chi connectivity index (χ0v) is 10.4. The van der Waals surface area contributed by atoms with Crippen molar-refractivity contribution in [1.29, 1.82) is 0 Å². The number of benzene rings is 1. The molecule has 2 rings (SSSR count). The van der Waals surface area contributed by atoms with Crippen molar-refractivity contribution in [3.05, 3.63) is 45.6 Å². The molecule has 0 spiro atoms. The highest BCUT2D eigenvalue weighted by atomic mass is 16.6. The Labute approximate surface area is 112 Å². The van der Waals surface area contributed by atoms with Crippen molar-refractivity contribution in [3.8, 4) is 5.75 Å². The molecule has 0 aliphatic heterocycles. The fraction of sp³-hybridized carbons (Fsp3) is 0.182. The highest BCUT2D eigenvalue weighted by Crippen LogP contribution is 2.23. The first kappa shape index (κ1) is 13.5. The van der Waals surface area contributed by atoms with Crippen LogP contribution in [0.5, 0.6) is 5.75 Å². The summed E-state index contributed by atoms with van der Waals surface area (Å²) in [6.07, 6.45) is 0. The largest absolute Gasteiger partial charge is 0.508 e. The Kier molecular flexibility index (Phi) is 3.60. The lowest BCUT2D eigenvalue weighted by Gasteiger charge is -2.04. The van der Waals surface area contributed by atoms with E-state index in [0.29, 0.717) is 5.82 Å². The topological polar surface area (TPSA) is 131 Å². The van der Waals surface area contributed by atoms with Gasteiger partial charge in [-0.1, -0.05) is 5.16 Å². The van der Waals surface area contributed by atoms with Gasteiger partial charge >= 0.3 is 0 Å². The third-order valence-corrected chi connectivity index (χ3v) is 2.39. The van der Waals surface area contributed by atoms with Crippen molar-refractivity contribution in [2.24, 2.45) is 0 Å². The average molecular weight is 278 g/mol. The monoisotopic (exact) mass is 278 g/mol. The fourth-order valence-electron chi connectivity index (χ4n) is 1.53. The van der Waals surface area contributed by atoms with Gasteiger partial charge in [0.25, 0.3) is 11.6 Å². The maximum absolute atomic E-state index is 11.9. The average Bonchev–Trinajstić information content (AvgIpc) is 2.81. The van der Waals surface area contributed by atoms with Crippen LogP contribution in [0, 0.1) is 17.0 Å². The predicted molar refractivity (Wildman–Crippen MR) is 65.0 cm³/mol. The molecule has 1 aromatic heterocycles. The van der Waals surface area contributed by atoms with E-state index in [-0.39, 0.29) is 23.7 Å². The van der Waals surface area contributed by atoms with Gasteiger partial charge in [0.05, 0.1) is 11.5 Å². The molecule has 2 N–H and O–H groups in total. The molecule has 9 nitrogen and oxygen atoms in total. The van der Waals surface area contributed by atoms with E-state index in [2.05, 4.69) is 15.5 Å². The summed E-state index contributed by atoms with van der Waals surface area (Å²) < 4.78 is 4.79. The first-order valence-corrected chi connectivity index (χ1v) is 5.52. The van der Waals surface area contributed by atoms with Crippen molar-refractivity contribution in [3.63, 3.8) is 0 Å². The van der Waals surface area contributed by atoms with Crippen molar-refractivity contribution < 1.29 is 19.3 Å². The molecule has 0 aliphatic rings. The number of carbonyl (C=O) groups excluding carboxylic acids is 1. The molecular weight excluding hydrogens is 268 g/mol. The number of phenolic OH excluding ortho intramolecular Hbond substituents is 1. The highest BCUT2D eigenvalue weighted by molar-refractivity contribution is 5.98. The van der Waals surface area contributed by atoms with Crippen molar-refractivity contribution in [2.45, 2.75) is 13.5 Å². The van der Waals surface area contributed by atoms with Crippen LogP contribution in [0.3, 0.4) is 0 Å². The quantitative estimate of drug-likeness (QED) is 0.627. The molecule has 2 aromatic rings. The number of nitro benzene ring substituents is 1. The second-order valence-corrected chi connectivity index (χ2v) is 3.88. The Bertz CT molecular complexity index is 667. The van der Waals surface area contributed by atoms with Gasteiger partial charge in [-0.3, -0.25) is 14.9 Å². The van der Waals surface area contributed by atoms with Crippen LogP contribution in [-0.2, 0) is 6.54 Å². The van der Waals surface area contributed by atoms with E-state index in [0.717, 1.165) is 18.2 Å². The van der Waals surface area contributed by atoms with Gasteiger partial charge in [-0.2, -0.15) is 4.98 Å². The van der Waals surface area contributed by atoms with E-state index in [9.17, 15) is 20.0 Å². The van der Waals surface area contributed by atoms with E-state index in [1.54, 1.807) is 6.92 Å². The smallest absolute Gasteiger partial charge is 0.282 e. The number of aryl methyl sites for hydroxylation is 1. The van der Waals surface area contributed by atoms with Gasteiger partial charge in [0, 0.05) is 6.07 Å². The van der Waals surface area contributed by atoms with Crippen LogP contribution in [0.1, 0.15) is 22.1 Å². The van der Waals surface area contributed by atoms with Crippen molar-refractivity contribution in [2.75, 3.05) is 0 Å². The molecule has 9 heteroatoms. The lowest BCUT2D eigenvalue weighted by atomic mass is 10.1. The summed E-state index contributed by atoms with van der Waals surface area (Å²) in [5, 5.41) is 26.1. The van der Waals surface area contributed by atoms with Gasteiger partial charge in [-0.05, 0) is 19.1 Å². The van der Waals surface area contributed by atoms with E-state index in [4.69, 9.17) is 4.52 Å². The maximum atomic E-state index is 11.9. The summed E-state index contributed by atoms with van der Waals surface area (Å²) in [5.41, 5.74) is -0.645. The molecule has 20 heavy (non-hydrogen) atoms. The molecule has 104 valence electrons. The van der Waals surface area contributed by atoms with Crippen molar-refractivity contribution in [1.82, 2.24) is 15.5 Å². The summed E-state index contributed by atoms with van der Waals surface area (Å²) in [7, 11) is 0. The van der Waals surface area contributed by atoms with Gasteiger partial charge in [0.2, 0.25) is 5.89 Å². The van der Waals surface area contributed by atoms with Crippen LogP contribution >= 0.6 is 0 Å². The van der Waals surface area contributed by atoms with Crippen LogP contribution in [0.25, 0.3) is 0 Å². The number of amides is 1. The molecular formula is C11H10N4O5. The number of hydrogen-bond acceptors (Lipinski definition) is 7. The number of aromatic nitrogens is 2. The standard InChI is InChI=1S/C11H10N4O5/c1-6-13-10(20-14-6)5-12-11(17)8-4-7(16)2-3-9(8)15(18)19/h2-4,16H,5H2,1H3,(H,12,17). The highest BCUT2D eigenvalue weighted by Gasteiger charge is 2.21. The number of rotatable bonds is 4. The Morgan fingerprint density at radius 1 is 1.55 bits per heavy atom. The lowest BCUT2D eigenvalue weighted by Crippen LogP contribution is -2.23. The third-order valence-electron chi connectivity index (χ3n) is 2.39. The first-order valence-electron chi connectivity index (χ1n) is 5.52. The molecule has 0 saturated heterocycles. The minimum atomic E-state index is -0.719. The molecule has 0 fully saturated rings. The number of aromatic hydroxyl groups is 1. The SMILES string of the molecule is Cc1noc(CNC(=O)c2cc(O)ccc2[N+](=O)[O-])n1. The Balaban J connectivity index is 2.16. The first-order chi connectivity index (χ1) is 9.47. The molecule has 0 radical (unpaired) electrons.